The Morgan fingerprint density at radius 2 is 1.20 bits per heavy atom. The molecule has 0 fully saturated rings. The van der Waals surface area contributed by atoms with Crippen LogP contribution < -0.4 is 29.6 Å². The molecular formula is C34H38N2O4. The number of methoxy groups -OCH3 is 2. The standard InChI is InChI=1S/C34H38N2O4/c1-26(36-21-19-30-23-31(37-2)15-17-32(30)38-3)35-20-18-27-14-16-33(39-24-28-10-6-4-7-11-28)34(22-27)40-25-29-12-8-5-9-13-29/h4-17,22-23,35-36H,1,18-21,24-25H2,2-3H3. The van der Waals surface area contributed by atoms with Crippen molar-refractivity contribution in [1.82, 2.24) is 10.6 Å². The van der Waals surface area contributed by atoms with Crippen LogP contribution in [0.2, 0.25) is 0 Å². The zero-order valence-corrected chi connectivity index (χ0v) is 23.3. The molecule has 4 aromatic carbocycles. The third kappa shape index (κ3) is 8.73. The van der Waals surface area contributed by atoms with Crippen LogP contribution in [0.25, 0.3) is 0 Å². The number of hydrogen-bond acceptors (Lipinski definition) is 6. The summed E-state index contributed by atoms with van der Waals surface area (Å²) in [5.74, 6) is 3.92. The van der Waals surface area contributed by atoms with Crippen LogP contribution in [0.4, 0.5) is 0 Å². The molecule has 6 heteroatoms. The first-order chi connectivity index (χ1) is 19.6. The van der Waals surface area contributed by atoms with Gasteiger partial charge < -0.3 is 29.6 Å². The zero-order valence-electron chi connectivity index (χ0n) is 23.3. The summed E-state index contributed by atoms with van der Waals surface area (Å²) in [6, 6.07) is 32.3. The lowest BCUT2D eigenvalue weighted by Gasteiger charge is -2.16. The molecule has 0 aliphatic carbocycles. The van der Waals surface area contributed by atoms with Gasteiger partial charge in [0.25, 0.3) is 0 Å². The SMILES string of the molecule is C=C(NCCc1ccc(OCc2ccccc2)c(OCc2ccccc2)c1)NCCc1cc(OC)ccc1OC. The van der Waals surface area contributed by atoms with E-state index in [2.05, 4.69) is 53.6 Å². The molecule has 0 bridgehead atoms. The fourth-order valence-corrected chi connectivity index (χ4v) is 4.26. The summed E-state index contributed by atoms with van der Waals surface area (Å²) in [6.07, 6.45) is 1.60. The lowest BCUT2D eigenvalue weighted by Crippen LogP contribution is -2.28. The fourth-order valence-electron chi connectivity index (χ4n) is 4.26. The van der Waals surface area contributed by atoms with Gasteiger partial charge in [-0.1, -0.05) is 73.3 Å². The van der Waals surface area contributed by atoms with Crippen LogP contribution in [0.1, 0.15) is 22.3 Å². The highest BCUT2D eigenvalue weighted by Crippen LogP contribution is 2.30. The number of benzene rings is 4. The van der Waals surface area contributed by atoms with Crippen LogP contribution in [0.5, 0.6) is 23.0 Å². The zero-order chi connectivity index (χ0) is 28.0. The van der Waals surface area contributed by atoms with Crippen molar-refractivity contribution in [3.63, 3.8) is 0 Å². The molecule has 4 aromatic rings. The molecule has 4 rings (SSSR count). The van der Waals surface area contributed by atoms with Gasteiger partial charge >= 0.3 is 0 Å². The molecule has 40 heavy (non-hydrogen) atoms. The van der Waals surface area contributed by atoms with E-state index < -0.39 is 0 Å². The molecule has 0 heterocycles. The molecule has 0 spiro atoms. The lowest BCUT2D eigenvalue weighted by molar-refractivity contribution is 0.255. The van der Waals surface area contributed by atoms with Crippen molar-refractivity contribution >= 4 is 0 Å². The van der Waals surface area contributed by atoms with Crippen molar-refractivity contribution in [2.45, 2.75) is 26.1 Å². The van der Waals surface area contributed by atoms with E-state index in [1.807, 2.05) is 60.7 Å². The van der Waals surface area contributed by atoms with Crippen LogP contribution in [-0.2, 0) is 26.1 Å². The van der Waals surface area contributed by atoms with E-state index in [-0.39, 0.29) is 0 Å². The topological polar surface area (TPSA) is 61.0 Å². The predicted molar refractivity (Wildman–Crippen MR) is 160 cm³/mol. The van der Waals surface area contributed by atoms with Gasteiger partial charge in [-0.2, -0.15) is 0 Å². The Morgan fingerprint density at radius 1 is 0.600 bits per heavy atom. The molecule has 0 aromatic heterocycles. The highest BCUT2D eigenvalue weighted by atomic mass is 16.5. The van der Waals surface area contributed by atoms with E-state index in [1.54, 1.807) is 14.2 Å². The average Bonchev–Trinajstić information content (AvgIpc) is 3.00. The molecule has 0 unspecified atom stereocenters. The van der Waals surface area contributed by atoms with Crippen molar-refractivity contribution in [2.24, 2.45) is 0 Å². The maximum absolute atomic E-state index is 6.22. The van der Waals surface area contributed by atoms with Gasteiger partial charge in [-0.15, -0.1) is 0 Å². The van der Waals surface area contributed by atoms with Crippen LogP contribution in [0.3, 0.4) is 0 Å². The molecule has 0 aliphatic heterocycles. The maximum atomic E-state index is 6.22. The van der Waals surface area contributed by atoms with Gasteiger partial charge in [-0.25, -0.2) is 0 Å². The van der Waals surface area contributed by atoms with Crippen molar-refractivity contribution in [1.29, 1.82) is 0 Å². The molecule has 208 valence electrons. The number of nitrogens with one attached hydrogen (secondary N) is 2. The summed E-state index contributed by atoms with van der Waals surface area (Å²) in [5, 5.41) is 6.72. The molecule has 0 saturated heterocycles. The van der Waals surface area contributed by atoms with Gasteiger partial charge in [0.05, 0.1) is 20.0 Å². The van der Waals surface area contributed by atoms with Crippen molar-refractivity contribution < 1.29 is 18.9 Å². The Labute approximate surface area is 237 Å². The van der Waals surface area contributed by atoms with Crippen LogP contribution in [-0.4, -0.2) is 27.3 Å². The van der Waals surface area contributed by atoms with Gasteiger partial charge in [0.15, 0.2) is 11.5 Å². The third-order valence-electron chi connectivity index (χ3n) is 6.45. The van der Waals surface area contributed by atoms with Crippen LogP contribution in [0.15, 0.2) is 109 Å². The van der Waals surface area contributed by atoms with E-state index in [0.717, 1.165) is 77.0 Å². The Hall–Kier alpha value is -4.58. The minimum atomic E-state index is 0.475. The number of rotatable bonds is 16. The van der Waals surface area contributed by atoms with Gasteiger partial charge in [-0.3, -0.25) is 0 Å². The first-order valence-corrected chi connectivity index (χ1v) is 13.5. The molecular weight excluding hydrogens is 500 g/mol. The number of hydrogen-bond donors (Lipinski definition) is 2. The normalized spacial score (nSPS) is 10.4. The molecule has 6 nitrogen and oxygen atoms in total. The molecule has 0 amide bonds. The first-order valence-electron chi connectivity index (χ1n) is 13.5. The second-order valence-corrected chi connectivity index (χ2v) is 9.34. The average molecular weight is 539 g/mol. The van der Waals surface area contributed by atoms with E-state index in [0.29, 0.717) is 13.2 Å². The van der Waals surface area contributed by atoms with Crippen molar-refractivity contribution in [2.75, 3.05) is 27.3 Å². The van der Waals surface area contributed by atoms with Crippen molar-refractivity contribution in [3.05, 3.63) is 132 Å². The molecule has 0 saturated carbocycles. The molecule has 0 radical (unpaired) electrons. The minimum absolute atomic E-state index is 0.475. The van der Waals surface area contributed by atoms with Gasteiger partial charge in [0.2, 0.25) is 0 Å². The Morgan fingerprint density at radius 3 is 1.82 bits per heavy atom. The van der Waals surface area contributed by atoms with Gasteiger partial charge in [-0.05, 0) is 65.4 Å². The lowest BCUT2D eigenvalue weighted by atomic mass is 10.1. The van der Waals surface area contributed by atoms with E-state index in [1.165, 1.54) is 0 Å². The monoisotopic (exact) mass is 538 g/mol. The van der Waals surface area contributed by atoms with E-state index >= 15 is 0 Å². The summed E-state index contributed by atoms with van der Waals surface area (Å²) >= 11 is 0. The minimum Gasteiger partial charge on any atom is -0.497 e. The predicted octanol–water partition coefficient (Wildman–Crippen LogP) is 6.30. The Kier molecular flexibility index (Phi) is 10.7. The highest BCUT2D eigenvalue weighted by Gasteiger charge is 2.09. The summed E-state index contributed by atoms with van der Waals surface area (Å²) in [6.45, 7) is 6.53. The Bertz CT molecular complexity index is 1340. The number of ether oxygens (including phenoxy) is 4. The maximum Gasteiger partial charge on any atom is 0.161 e. The fraction of sp³-hybridized carbons (Fsp3) is 0.235. The summed E-state index contributed by atoms with van der Waals surface area (Å²) in [5.41, 5.74) is 4.45. The first kappa shape index (κ1) is 28.4. The van der Waals surface area contributed by atoms with Crippen LogP contribution in [0, 0.1) is 0 Å². The highest BCUT2D eigenvalue weighted by molar-refractivity contribution is 5.44. The van der Waals surface area contributed by atoms with Gasteiger partial charge in [0, 0.05) is 13.1 Å². The quantitative estimate of drug-likeness (QED) is 0.175. The van der Waals surface area contributed by atoms with E-state index in [4.69, 9.17) is 18.9 Å². The molecule has 0 aliphatic rings. The second kappa shape index (κ2) is 15.1. The smallest absolute Gasteiger partial charge is 0.161 e. The van der Waals surface area contributed by atoms with Crippen LogP contribution >= 0.6 is 0 Å². The summed E-state index contributed by atoms with van der Waals surface area (Å²) in [4.78, 5) is 0. The largest absolute Gasteiger partial charge is 0.497 e. The summed E-state index contributed by atoms with van der Waals surface area (Å²) in [7, 11) is 3.35. The summed E-state index contributed by atoms with van der Waals surface area (Å²) < 4.78 is 23.2. The van der Waals surface area contributed by atoms with E-state index in [9.17, 15) is 0 Å². The second-order valence-electron chi connectivity index (χ2n) is 9.34. The van der Waals surface area contributed by atoms with Crippen molar-refractivity contribution in [3.8, 4) is 23.0 Å². The third-order valence-corrected chi connectivity index (χ3v) is 6.45. The Balaban J connectivity index is 1.29. The molecule has 0 atom stereocenters. The molecule has 2 N–H and O–H groups in total. The van der Waals surface area contributed by atoms with Gasteiger partial charge in [0.1, 0.15) is 24.7 Å².